The van der Waals surface area contributed by atoms with Crippen molar-refractivity contribution in [1.29, 1.82) is 0 Å². The Hall–Kier alpha value is 1.15. The molecule has 0 amide bonds. The third kappa shape index (κ3) is 3.35. The van der Waals surface area contributed by atoms with Gasteiger partial charge in [-0.2, -0.15) is 0 Å². The molecule has 36 valence electrons. The van der Waals surface area contributed by atoms with E-state index in [1.54, 1.807) is 0 Å². The van der Waals surface area contributed by atoms with E-state index in [4.69, 9.17) is 34.8 Å². The first kappa shape index (κ1) is 7.15. The van der Waals surface area contributed by atoms with Gasteiger partial charge in [0.25, 0.3) is 0 Å². The van der Waals surface area contributed by atoms with Gasteiger partial charge in [0.2, 0.25) is 0 Å². The van der Waals surface area contributed by atoms with Crippen LogP contribution in [0.5, 0.6) is 0 Å². The molecule has 0 aliphatic carbocycles. The maximum atomic E-state index is 5.31. The van der Waals surface area contributed by atoms with Gasteiger partial charge in [-0.3, -0.25) is 0 Å². The van der Waals surface area contributed by atoms with Crippen LogP contribution >= 0.6 is 34.8 Å². The molecule has 0 aromatic rings. The van der Waals surface area contributed by atoms with E-state index in [0.717, 1.165) is 0 Å². The second-order valence-corrected chi connectivity index (χ2v) is 5.74. The molecule has 0 saturated carbocycles. The Labute approximate surface area is 59.7 Å². The van der Waals surface area contributed by atoms with Crippen LogP contribution in [0.3, 0.4) is 0 Å². The zero-order valence-electron chi connectivity index (χ0n) is 3.13. The van der Waals surface area contributed by atoms with Crippen LogP contribution < -0.4 is 0 Å². The molecule has 0 radical (unpaired) electrons. The molecule has 0 aromatic heterocycles. The van der Waals surface area contributed by atoms with Crippen molar-refractivity contribution in [2.45, 2.75) is 0 Å². The second kappa shape index (κ2) is 3.19. The van der Waals surface area contributed by atoms with Crippen LogP contribution in [0.15, 0.2) is 8.36 Å². The molecule has 0 saturated heterocycles. The van der Waals surface area contributed by atoms with Gasteiger partial charge in [0.15, 0.2) is 0 Å². The summed E-state index contributed by atoms with van der Waals surface area (Å²) in [7, 11) is 0. The molecular weight excluding hydrogens is 203 g/mol. The summed E-state index contributed by atoms with van der Waals surface area (Å²) in [6.07, 6.45) is 0. The fraction of sp³-hybridized carbons (Fsp3) is 0. The van der Waals surface area contributed by atoms with Crippen molar-refractivity contribution in [3.8, 4) is 0 Å². The fourth-order valence-electron chi connectivity index (χ4n) is 0. The molecule has 0 rings (SSSR count). The van der Waals surface area contributed by atoms with Crippen LogP contribution in [-0.2, 0) is 0 Å². The van der Waals surface area contributed by atoms with Crippen molar-refractivity contribution < 1.29 is 0 Å². The fourth-order valence-corrected chi connectivity index (χ4v) is 0. The first-order valence-corrected chi connectivity index (χ1v) is 4.55. The summed E-state index contributed by atoms with van der Waals surface area (Å²) in [5, 5.41) is 0. The molecule has 4 heteroatoms. The van der Waals surface area contributed by atoms with Crippen LogP contribution in [0, 0.1) is 0 Å². The predicted molar refractivity (Wildman–Crippen MR) is 34.5 cm³/mol. The average Bonchev–Trinajstić information content (AvgIpc) is 1.36. The first-order valence-electron chi connectivity index (χ1n) is 1.32. The van der Waals surface area contributed by atoms with Gasteiger partial charge in [-0.1, -0.05) is 0 Å². The van der Waals surface area contributed by atoms with Gasteiger partial charge < -0.3 is 0 Å². The van der Waals surface area contributed by atoms with E-state index >= 15 is 0 Å². The van der Waals surface area contributed by atoms with Gasteiger partial charge in [-0.25, -0.2) is 0 Å². The van der Waals surface area contributed by atoms with Crippen LogP contribution in [0.25, 0.3) is 0 Å². The second-order valence-electron chi connectivity index (χ2n) is 0.794. The van der Waals surface area contributed by atoms with Crippen LogP contribution in [0.1, 0.15) is 0 Å². The standard InChI is InChI=1S/C2H3Cl3Ge/c3-1(4)2(5)6/h6H3. The molecule has 0 unspecified atom stereocenters. The maximum absolute atomic E-state index is 5.31. The molecule has 0 aliphatic rings. The number of halogens is 3. The van der Waals surface area contributed by atoms with Crippen LogP contribution in [0.4, 0.5) is 0 Å². The summed E-state index contributed by atoms with van der Waals surface area (Å²) in [6, 6.07) is 0. The third-order valence-electron chi connectivity index (χ3n) is 0.260. The molecular formula is C2H3Cl3Ge. The Bertz CT molecular complexity index is 58.9. The van der Waals surface area contributed by atoms with E-state index in [9.17, 15) is 0 Å². The van der Waals surface area contributed by atoms with E-state index in [2.05, 4.69) is 0 Å². The summed E-state index contributed by atoms with van der Waals surface area (Å²) in [5.74, 6) is 0. The molecule has 0 spiro atoms. The van der Waals surface area contributed by atoms with Crippen molar-refractivity contribution in [1.82, 2.24) is 0 Å². The molecule has 0 bridgehead atoms. The summed E-state index contributed by atoms with van der Waals surface area (Å²) in [6.45, 7) is 0. The molecule has 0 aliphatic heterocycles. The summed E-state index contributed by atoms with van der Waals surface area (Å²) in [5.41, 5.74) is 0. The van der Waals surface area contributed by atoms with Gasteiger partial charge in [-0.05, 0) is 0 Å². The van der Waals surface area contributed by atoms with Gasteiger partial charge in [-0.15, -0.1) is 0 Å². The van der Waals surface area contributed by atoms with E-state index in [1.807, 2.05) is 0 Å². The molecule has 0 aromatic carbocycles. The van der Waals surface area contributed by atoms with Crippen molar-refractivity contribution in [3.63, 3.8) is 0 Å². The van der Waals surface area contributed by atoms with Crippen LogP contribution in [-0.4, -0.2) is 16.5 Å². The van der Waals surface area contributed by atoms with E-state index < -0.39 is 0 Å². The predicted octanol–water partition coefficient (Wildman–Crippen LogP) is 1.19. The van der Waals surface area contributed by atoms with Gasteiger partial charge in [0.1, 0.15) is 0 Å². The first-order chi connectivity index (χ1) is 2.64. The van der Waals surface area contributed by atoms with Crippen molar-refractivity contribution in [2.75, 3.05) is 0 Å². The number of rotatable bonds is 0. The normalized spacial score (nSPS) is 8.50. The van der Waals surface area contributed by atoms with E-state index in [0.29, 0.717) is 20.4 Å². The molecule has 0 atom stereocenters. The Morgan fingerprint density at radius 2 is 1.33 bits per heavy atom. The van der Waals surface area contributed by atoms with Crippen LogP contribution in [0.2, 0.25) is 0 Å². The van der Waals surface area contributed by atoms with Gasteiger partial charge in [0.05, 0.1) is 0 Å². The Kier molecular flexibility index (Phi) is 3.81. The van der Waals surface area contributed by atoms with Gasteiger partial charge >= 0.3 is 59.7 Å². The summed E-state index contributed by atoms with van der Waals surface area (Å²) >= 11 is 16.1. The minimum atomic E-state index is 0.219. The van der Waals surface area contributed by atoms with E-state index in [1.165, 1.54) is 0 Å². The van der Waals surface area contributed by atoms with Crippen molar-refractivity contribution in [3.05, 3.63) is 8.36 Å². The minimum absolute atomic E-state index is 0.219. The Balaban J connectivity index is 3.68. The molecule has 0 nitrogen and oxygen atoms in total. The SMILES string of the molecule is ClC(Cl)=[C](Cl)[GeH3]. The average molecular weight is 206 g/mol. The molecule has 6 heavy (non-hydrogen) atoms. The summed E-state index contributed by atoms with van der Waals surface area (Å²) < 4.78 is 0.836. The van der Waals surface area contributed by atoms with Crippen molar-refractivity contribution >= 4 is 51.3 Å². The van der Waals surface area contributed by atoms with Crippen molar-refractivity contribution in [2.24, 2.45) is 0 Å². The topological polar surface area (TPSA) is 0 Å². The monoisotopic (exact) mass is 206 g/mol. The molecule has 0 heterocycles. The zero-order valence-corrected chi connectivity index (χ0v) is 9.60. The van der Waals surface area contributed by atoms with Gasteiger partial charge in [0, 0.05) is 0 Å². The molecule has 0 N–H and O–H groups in total. The Morgan fingerprint density at radius 1 is 1.17 bits per heavy atom. The number of hydrogen-bond donors (Lipinski definition) is 0. The number of hydrogen-bond acceptors (Lipinski definition) is 0. The molecule has 0 fully saturated rings. The Morgan fingerprint density at radius 3 is 1.33 bits per heavy atom. The zero-order chi connectivity index (χ0) is 5.15. The van der Waals surface area contributed by atoms with E-state index in [-0.39, 0.29) is 4.49 Å². The quantitative estimate of drug-likeness (QED) is 0.522. The summed E-state index contributed by atoms with van der Waals surface area (Å²) in [4.78, 5) is 0. The third-order valence-corrected chi connectivity index (χ3v) is 3.59.